The molecule has 0 spiro atoms. The Morgan fingerprint density at radius 1 is 1.10 bits per heavy atom. The first kappa shape index (κ1) is 14.9. The minimum absolute atomic E-state index is 0.0146. The normalized spacial score (nSPS) is 12.1. The second kappa shape index (κ2) is 7.29. The topological polar surface area (TPSA) is 38.3 Å². The van der Waals surface area contributed by atoms with E-state index >= 15 is 0 Å². The first-order valence-corrected chi connectivity index (χ1v) is 6.86. The zero-order chi connectivity index (χ0) is 15.1. The fourth-order valence-electron chi connectivity index (χ4n) is 1.97. The van der Waals surface area contributed by atoms with E-state index in [1.165, 1.54) is 0 Å². The van der Waals surface area contributed by atoms with E-state index in [1.807, 2.05) is 61.5 Å². The van der Waals surface area contributed by atoms with Gasteiger partial charge in [-0.15, -0.1) is 0 Å². The number of carbonyl (C=O) groups excluding carboxylic acids is 1. The summed E-state index contributed by atoms with van der Waals surface area (Å²) in [6.07, 6.45) is 3.33. The number of hydrogen-bond donors (Lipinski definition) is 1. The van der Waals surface area contributed by atoms with Crippen LogP contribution in [0.5, 0.6) is 5.75 Å². The van der Waals surface area contributed by atoms with Crippen LogP contribution >= 0.6 is 0 Å². The summed E-state index contributed by atoms with van der Waals surface area (Å²) in [5, 5.41) is 2.94. The van der Waals surface area contributed by atoms with Crippen LogP contribution in [0.4, 0.5) is 0 Å². The lowest BCUT2D eigenvalue weighted by atomic mass is 10.1. The predicted molar refractivity (Wildman–Crippen MR) is 85.0 cm³/mol. The van der Waals surface area contributed by atoms with Crippen molar-refractivity contribution < 1.29 is 9.53 Å². The van der Waals surface area contributed by atoms with Gasteiger partial charge in [-0.05, 0) is 36.3 Å². The SMILES string of the molecule is COc1ccc(C=CC(=O)NC(C)c2ccccc2)cc1. The van der Waals surface area contributed by atoms with Gasteiger partial charge in [-0.1, -0.05) is 42.5 Å². The molecule has 1 amide bonds. The third kappa shape index (κ3) is 4.49. The molecule has 0 aliphatic rings. The van der Waals surface area contributed by atoms with Crippen LogP contribution in [0.2, 0.25) is 0 Å². The molecule has 3 nitrogen and oxygen atoms in total. The highest BCUT2D eigenvalue weighted by atomic mass is 16.5. The average Bonchev–Trinajstić information content (AvgIpc) is 2.54. The molecule has 108 valence electrons. The summed E-state index contributed by atoms with van der Waals surface area (Å²) in [4.78, 5) is 11.9. The van der Waals surface area contributed by atoms with E-state index in [0.29, 0.717) is 0 Å². The summed E-state index contributed by atoms with van der Waals surface area (Å²) >= 11 is 0. The molecule has 2 rings (SSSR count). The van der Waals surface area contributed by atoms with E-state index in [9.17, 15) is 4.79 Å². The molecule has 1 N–H and O–H groups in total. The van der Waals surface area contributed by atoms with E-state index in [0.717, 1.165) is 16.9 Å². The monoisotopic (exact) mass is 281 g/mol. The van der Waals surface area contributed by atoms with Crippen LogP contribution < -0.4 is 10.1 Å². The Bertz CT molecular complexity index is 603. The van der Waals surface area contributed by atoms with Gasteiger partial charge in [0.2, 0.25) is 5.91 Å². The molecular weight excluding hydrogens is 262 g/mol. The summed E-state index contributed by atoms with van der Waals surface area (Å²) in [6, 6.07) is 17.4. The molecular formula is C18H19NO2. The molecule has 0 saturated heterocycles. The van der Waals surface area contributed by atoms with Crippen LogP contribution in [0.25, 0.3) is 6.08 Å². The molecule has 2 aromatic rings. The third-order valence-corrected chi connectivity index (χ3v) is 3.20. The van der Waals surface area contributed by atoms with Gasteiger partial charge in [-0.3, -0.25) is 4.79 Å². The zero-order valence-corrected chi connectivity index (χ0v) is 12.2. The number of hydrogen-bond acceptors (Lipinski definition) is 2. The molecule has 0 saturated carbocycles. The van der Waals surface area contributed by atoms with Crippen molar-refractivity contribution in [3.8, 4) is 5.75 Å². The van der Waals surface area contributed by atoms with Gasteiger partial charge in [0, 0.05) is 6.08 Å². The summed E-state index contributed by atoms with van der Waals surface area (Å²) < 4.78 is 5.09. The molecule has 1 unspecified atom stereocenters. The molecule has 0 aliphatic heterocycles. The van der Waals surface area contributed by atoms with Crippen LogP contribution in [-0.2, 0) is 4.79 Å². The molecule has 0 fully saturated rings. The zero-order valence-electron chi connectivity index (χ0n) is 12.2. The van der Waals surface area contributed by atoms with Crippen molar-refractivity contribution in [3.63, 3.8) is 0 Å². The van der Waals surface area contributed by atoms with Crippen molar-refractivity contribution in [1.29, 1.82) is 0 Å². The van der Waals surface area contributed by atoms with E-state index in [4.69, 9.17) is 4.74 Å². The fourth-order valence-corrected chi connectivity index (χ4v) is 1.97. The first-order chi connectivity index (χ1) is 10.2. The van der Waals surface area contributed by atoms with Crippen molar-refractivity contribution in [3.05, 3.63) is 71.8 Å². The van der Waals surface area contributed by atoms with Gasteiger partial charge in [0.1, 0.15) is 5.75 Å². The van der Waals surface area contributed by atoms with Crippen molar-refractivity contribution in [1.82, 2.24) is 5.32 Å². The Morgan fingerprint density at radius 2 is 1.76 bits per heavy atom. The molecule has 0 aliphatic carbocycles. The molecule has 0 aromatic heterocycles. The Morgan fingerprint density at radius 3 is 2.38 bits per heavy atom. The highest BCUT2D eigenvalue weighted by molar-refractivity contribution is 5.91. The second-order valence-electron chi connectivity index (χ2n) is 4.75. The minimum Gasteiger partial charge on any atom is -0.497 e. The van der Waals surface area contributed by atoms with E-state index < -0.39 is 0 Å². The second-order valence-corrected chi connectivity index (χ2v) is 4.75. The standard InChI is InChI=1S/C18H19NO2/c1-14(16-6-4-3-5-7-16)19-18(20)13-10-15-8-11-17(21-2)12-9-15/h3-14H,1-2H3,(H,19,20). The highest BCUT2D eigenvalue weighted by Gasteiger charge is 2.06. The number of methoxy groups -OCH3 is 1. The molecule has 0 radical (unpaired) electrons. The van der Waals surface area contributed by atoms with Gasteiger partial charge in [0.25, 0.3) is 0 Å². The largest absolute Gasteiger partial charge is 0.497 e. The first-order valence-electron chi connectivity index (χ1n) is 6.86. The Hall–Kier alpha value is -2.55. The smallest absolute Gasteiger partial charge is 0.244 e. The summed E-state index contributed by atoms with van der Waals surface area (Å²) in [6.45, 7) is 1.97. The highest BCUT2D eigenvalue weighted by Crippen LogP contribution is 2.13. The van der Waals surface area contributed by atoms with Crippen LogP contribution in [0.1, 0.15) is 24.1 Å². The van der Waals surface area contributed by atoms with Gasteiger partial charge in [0.15, 0.2) is 0 Å². The van der Waals surface area contributed by atoms with E-state index in [2.05, 4.69) is 5.32 Å². The predicted octanol–water partition coefficient (Wildman–Crippen LogP) is 3.59. The number of rotatable bonds is 5. The maximum atomic E-state index is 11.9. The third-order valence-electron chi connectivity index (χ3n) is 3.20. The number of ether oxygens (including phenoxy) is 1. The lowest BCUT2D eigenvalue weighted by Crippen LogP contribution is -2.24. The van der Waals surface area contributed by atoms with Gasteiger partial charge in [-0.2, -0.15) is 0 Å². The number of carbonyl (C=O) groups is 1. The molecule has 0 bridgehead atoms. The summed E-state index contributed by atoms with van der Waals surface area (Å²) in [5.74, 6) is 0.691. The lowest BCUT2D eigenvalue weighted by Gasteiger charge is -2.12. The molecule has 2 aromatic carbocycles. The maximum Gasteiger partial charge on any atom is 0.244 e. The summed E-state index contributed by atoms with van der Waals surface area (Å²) in [7, 11) is 1.63. The van der Waals surface area contributed by atoms with Crippen molar-refractivity contribution in [2.45, 2.75) is 13.0 Å². The summed E-state index contributed by atoms with van der Waals surface area (Å²) in [5.41, 5.74) is 2.04. The minimum atomic E-state index is -0.109. The quantitative estimate of drug-likeness (QED) is 0.851. The van der Waals surface area contributed by atoms with E-state index in [-0.39, 0.29) is 11.9 Å². The van der Waals surface area contributed by atoms with Gasteiger partial charge in [-0.25, -0.2) is 0 Å². The number of nitrogens with one attached hydrogen (secondary N) is 1. The van der Waals surface area contributed by atoms with Crippen molar-refractivity contribution in [2.24, 2.45) is 0 Å². The Balaban J connectivity index is 1.93. The molecule has 21 heavy (non-hydrogen) atoms. The van der Waals surface area contributed by atoms with Crippen LogP contribution in [0.15, 0.2) is 60.7 Å². The Labute approximate surface area is 125 Å². The van der Waals surface area contributed by atoms with E-state index in [1.54, 1.807) is 19.3 Å². The molecule has 3 heteroatoms. The van der Waals surface area contributed by atoms with Gasteiger partial charge >= 0.3 is 0 Å². The number of amides is 1. The molecule has 0 heterocycles. The average molecular weight is 281 g/mol. The Kier molecular flexibility index (Phi) is 5.16. The van der Waals surface area contributed by atoms with Crippen molar-refractivity contribution >= 4 is 12.0 Å². The lowest BCUT2D eigenvalue weighted by molar-refractivity contribution is -0.117. The number of benzene rings is 2. The van der Waals surface area contributed by atoms with Crippen LogP contribution in [0, 0.1) is 0 Å². The van der Waals surface area contributed by atoms with Gasteiger partial charge in [0.05, 0.1) is 13.2 Å². The maximum absolute atomic E-state index is 11.9. The molecule has 1 atom stereocenters. The fraction of sp³-hybridized carbons (Fsp3) is 0.167. The van der Waals surface area contributed by atoms with Gasteiger partial charge < -0.3 is 10.1 Å². The van der Waals surface area contributed by atoms with Crippen LogP contribution in [-0.4, -0.2) is 13.0 Å². The van der Waals surface area contributed by atoms with Crippen molar-refractivity contribution in [2.75, 3.05) is 7.11 Å². The van der Waals surface area contributed by atoms with Crippen LogP contribution in [0.3, 0.4) is 0 Å².